The van der Waals surface area contributed by atoms with Gasteiger partial charge in [0.25, 0.3) is 0 Å². The first-order chi connectivity index (χ1) is 9.43. The van der Waals surface area contributed by atoms with E-state index < -0.39 is 12.1 Å². The van der Waals surface area contributed by atoms with Crippen LogP contribution in [0.2, 0.25) is 0 Å². The molecule has 0 saturated carbocycles. The summed E-state index contributed by atoms with van der Waals surface area (Å²) in [6.45, 7) is 5.92. The standard InChI is InChI=1S/C14H27NO5/c1-10-6-12(14(17)18)4-5-15(10)7-13(16)9-20-11(2)8-19-3/h10-13,16H,4-9H2,1-3H3,(H,17,18). The Balaban J connectivity index is 2.28. The third kappa shape index (κ3) is 5.75. The lowest BCUT2D eigenvalue weighted by Gasteiger charge is -2.37. The van der Waals surface area contributed by atoms with Gasteiger partial charge in [0.1, 0.15) is 0 Å². The molecule has 1 saturated heterocycles. The van der Waals surface area contributed by atoms with Crippen LogP contribution in [-0.4, -0.2) is 72.7 Å². The summed E-state index contributed by atoms with van der Waals surface area (Å²) in [5.74, 6) is -0.967. The van der Waals surface area contributed by atoms with Gasteiger partial charge >= 0.3 is 5.97 Å². The maximum atomic E-state index is 11.0. The first-order valence-corrected chi connectivity index (χ1v) is 7.19. The van der Waals surface area contributed by atoms with Crippen molar-refractivity contribution >= 4 is 5.97 Å². The summed E-state index contributed by atoms with van der Waals surface area (Å²) < 4.78 is 10.4. The number of aliphatic hydroxyl groups is 1. The highest BCUT2D eigenvalue weighted by atomic mass is 16.5. The number of carboxylic acids is 1. The third-order valence-electron chi connectivity index (χ3n) is 3.78. The van der Waals surface area contributed by atoms with Crippen molar-refractivity contribution in [2.45, 2.75) is 44.9 Å². The number of β-amino-alcohol motifs (C(OH)–C–C–N with tert-alkyl or cyclic N) is 1. The molecule has 0 amide bonds. The number of aliphatic carboxylic acids is 1. The van der Waals surface area contributed by atoms with Crippen molar-refractivity contribution in [2.24, 2.45) is 5.92 Å². The summed E-state index contributed by atoms with van der Waals surface area (Å²) in [6.07, 6.45) is 0.694. The molecule has 0 bridgehead atoms. The van der Waals surface area contributed by atoms with Crippen LogP contribution in [0, 0.1) is 5.92 Å². The van der Waals surface area contributed by atoms with Crippen molar-refractivity contribution in [1.82, 2.24) is 4.90 Å². The van der Waals surface area contributed by atoms with Crippen LogP contribution in [0.1, 0.15) is 26.7 Å². The van der Waals surface area contributed by atoms with Crippen molar-refractivity contribution in [2.75, 3.05) is 33.4 Å². The molecule has 0 aliphatic carbocycles. The minimum absolute atomic E-state index is 0.0372. The fourth-order valence-corrected chi connectivity index (χ4v) is 2.60. The predicted molar refractivity (Wildman–Crippen MR) is 74.7 cm³/mol. The summed E-state index contributed by atoms with van der Waals surface area (Å²) in [5, 5.41) is 19.0. The number of hydrogen-bond donors (Lipinski definition) is 2. The fourth-order valence-electron chi connectivity index (χ4n) is 2.60. The van der Waals surface area contributed by atoms with Gasteiger partial charge in [0.15, 0.2) is 0 Å². The minimum atomic E-state index is -0.714. The molecular formula is C14H27NO5. The Labute approximate surface area is 120 Å². The van der Waals surface area contributed by atoms with Gasteiger partial charge in [-0.3, -0.25) is 9.69 Å². The number of piperidine rings is 1. The zero-order valence-corrected chi connectivity index (χ0v) is 12.6. The molecule has 1 aliphatic heterocycles. The lowest BCUT2D eigenvalue weighted by Crippen LogP contribution is -2.46. The van der Waals surface area contributed by atoms with Gasteiger partial charge in [-0.2, -0.15) is 0 Å². The first-order valence-electron chi connectivity index (χ1n) is 7.19. The van der Waals surface area contributed by atoms with Crippen molar-refractivity contribution in [1.29, 1.82) is 0 Å². The van der Waals surface area contributed by atoms with E-state index in [9.17, 15) is 9.90 Å². The summed E-state index contributed by atoms with van der Waals surface area (Å²) in [6, 6.07) is 0.177. The summed E-state index contributed by atoms with van der Waals surface area (Å²) >= 11 is 0. The van der Waals surface area contributed by atoms with Crippen LogP contribution in [-0.2, 0) is 14.3 Å². The largest absolute Gasteiger partial charge is 0.481 e. The Morgan fingerprint density at radius 2 is 2.15 bits per heavy atom. The van der Waals surface area contributed by atoms with Crippen LogP contribution >= 0.6 is 0 Å². The minimum Gasteiger partial charge on any atom is -0.481 e. The smallest absolute Gasteiger partial charge is 0.306 e. The van der Waals surface area contributed by atoms with Crippen molar-refractivity contribution in [3.05, 3.63) is 0 Å². The van der Waals surface area contributed by atoms with E-state index in [2.05, 4.69) is 4.90 Å². The van der Waals surface area contributed by atoms with E-state index in [4.69, 9.17) is 14.6 Å². The van der Waals surface area contributed by atoms with Gasteiger partial charge < -0.3 is 19.7 Å². The molecule has 0 aromatic rings. The van der Waals surface area contributed by atoms with Gasteiger partial charge in [-0.05, 0) is 33.2 Å². The highest BCUT2D eigenvalue weighted by molar-refractivity contribution is 5.70. The van der Waals surface area contributed by atoms with E-state index in [1.165, 1.54) is 0 Å². The van der Waals surface area contributed by atoms with Crippen LogP contribution in [0.3, 0.4) is 0 Å². The Morgan fingerprint density at radius 3 is 2.70 bits per heavy atom. The van der Waals surface area contributed by atoms with Gasteiger partial charge in [-0.1, -0.05) is 0 Å². The van der Waals surface area contributed by atoms with Crippen LogP contribution in [0.4, 0.5) is 0 Å². The molecule has 2 N–H and O–H groups in total. The number of carboxylic acid groups (broad SMARTS) is 1. The zero-order valence-electron chi connectivity index (χ0n) is 12.6. The Hall–Kier alpha value is -0.690. The predicted octanol–water partition coefficient (Wildman–Crippen LogP) is 0.584. The monoisotopic (exact) mass is 289 g/mol. The molecule has 6 heteroatoms. The van der Waals surface area contributed by atoms with E-state index in [0.717, 1.165) is 0 Å². The average molecular weight is 289 g/mol. The second-order valence-electron chi connectivity index (χ2n) is 5.66. The fraction of sp³-hybridized carbons (Fsp3) is 0.929. The van der Waals surface area contributed by atoms with E-state index in [1.807, 2.05) is 13.8 Å². The molecule has 1 fully saturated rings. The molecule has 4 unspecified atom stereocenters. The van der Waals surface area contributed by atoms with E-state index >= 15 is 0 Å². The number of nitrogens with zero attached hydrogens (tertiary/aromatic N) is 1. The Morgan fingerprint density at radius 1 is 1.45 bits per heavy atom. The Bertz CT molecular complexity index is 299. The molecule has 1 heterocycles. The van der Waals surface area contributed by atoms with Crippen LogP contribution in [0.15, 0.2) is 0 Å². The third-order valence-corrected chi connectivity index (χ3v) is 3.78. The van der Waals surface area contributed by atoms with Crippen molar-refractivity contribution in [3.8, 4) is 0 Å². The number of rotatable bonds is 8. The molecular weight excluding hydrogens is 262 g/mol. The highest BCUT2D eigenvalue weighted by Crippen LogP contribution is 2.23. The first kappa shape index (κ1) is 17.4. The SMILES string of the molecule is COCC(C)OCC(O)CN1CCC(C(=O)O)CC1C. The van der Waals surface area contributed by atoms with E-state index in [1.54, 1.807) is 7.11 Å². The van der Waals surface area contributed by atoms with E-state index in [0.29, 0.717) is 32.5 Å². The molecule has 0 radical (unpaired) electrons. The number of ether oxygens (including phenoxy) is 2. The molecule has 6 nitrogen and oxygen atoms in total. The van der Waals surface area contributed by atoms with E-state index in [-0.39, 0.29) is 24.7 Å². The second kappa shape index (κ2) is 8.56. The van der Waals surface area contributed by atoms with Crippen LogP contribution in [0.5, 0.6) is 0 Å². The highest BCUT2D eigenvalue weighted by Gasteiger charge is 2.30. The van der Waals surface area contributed by atoms with Crippen molar-refractivity contribution < 1.29 is 24.5 Å². The maximum absolute atomic E-state index is 11.0. The number of hydrogen-bond acceptors (Lipinski definition) is 5. The van der Waals surface area contributed by atoms with Gasteiger partial charge in [0.05, 0.1) is 31.3 Å². The van der Waals surface area contributed by atoms with Crippen LogP contribution in [0.25, 0.3) is 0 Å². The molecule has 1 aliphatic rings. The molecule has 0 aromatic heterocycles. The number of aliphatic hydroxyl groups excluding tert-OH is 1. The molecule has 20 heavy (non-hydrogen) atoms. The second-order valence-corrected chi connectivity index (χ2v) is 5.66. The molecule has 0 aromatic carbocycles. The average Bonchev–Trinajstić information content (AvgIpc) is 2.39. The quantitative estimate of drug-likeness (QED) is 0.680. The number of likely N-dealkylation sites (tertiary alicyclic amines) is 1. The normalized spacial score (nSPS) is 27.2. The van der Waals surface area contributed by atoms with Crippen molar-refractivity contribution in [3.63, 3.8) is 0 Å². The molecule has 0 spiro atoms. The van der Waals surface area contributed by atoms with Gasteiger partial charge in [-0.15, -0.1) is 0 Å². The summed E-state index contributed by atoms with van der Waals surface area (Å²) in [7, 11) is 1.62. The molecule has 1 rings (SSSR count). The molecule has 4 atom stereocenters. The maximum Gasteiger partial charge on any atom is 0.306 e. The lowest BCUT2D eigenvalue weighted by molar-refractivity contribution is -0.144. The Kier molecular flexibility index (Phi) is 7.43. The van der Waals surface area contributed by atoms with Gasteiger partial charge in [0.2, 0.25) is 0 Å². The topological polar surface area (TPSA) is 79.2 Å². The zero-order chi connectivity index (χ0) is 15.1. The van der Waals surface area contributed by atoms with Gasteiger partial charge in [0, 0.05) is 19.7 Å². The number of methoxy groups -OCH3 is 1. The molecule has 118 valence electrons. The lowest BCUT2D eigenvalue weighted by atomic mass is 9.91. The van der Waals surface area contributed by atoms with Gasteiger partial charge in [-0.25, -0.2) is 0 Å². The summed E-state index contributed by atoms with van der Waals surface area (Å²) in [5.41, 5.74) is 0. The van der Waals surface area contributed by atoms with Crippen LogP contribution < -0.4 is 0 Å². The summed E-state index contributed by atoms with van der Waals surface area (Å²) in [4.78, 5) is 13.1. The number of carbonyl (C=O) groups is 1.